The predicted molar refractivity (Wildman–Crippen MR) is 49.2 cm³/mol. The number of aromatic amines is 1. The Morgan fingerprint density at radius 3 is 2.93 bits per heavy atom. The van der Waals surface area contributed by atoms with Crippen molar-refractivity contribution in [3.63, 3.8) is 0 Å². The van der Waals surface area contributed by atoms with Crippen LogP contribution >= 0.6 is 0 Å². The molecule has 0 aliphatic heterocycles. The molecule has 1 fully saturated rings. The topological polar surface area (TPSA) is 48.9 Å². The van der Waals surface area contributed by atoms with Crippen LogP contribution < -0.4 is 0 Å². The molecule has 3 nitrogen and oxygen atoms in total. The number of hydrogen-bond donors (Lipinski definition) is 2. The molecule has 2 aromatic rings. The van der Waals surface area contributed by atoms with Crippen LogP contribution in [0.2, 0.25) is 0 Å². The van der Waals surface area contributed by atoms with Crippen LogP contribution in [0.3, 0.4) is 0 Å². The lowest BCUT2D eigenvalue weighted by atomic mass is 10.2. The van der Waals surface area contributed by atoms with Crippen molar-refractivity contribution in [2.24, 2.45) is 0 Å². The molecule has 0 atom stereocenters. The second-order valence-corrected chi connectivity index (χ2v) is 3.80. The van der Waals surface area contributed by atoms with E-state index in [-0.39, 0.29) is 5.82 Å². The summed E-state index contributed by atoms with van der Waals surface area (Å²) in [5.74, 6) is -0.367. The summed E-state index contributed by atoms with van der Waals surface area (Å²) in [7, 11) is 0. The Balaban J connectivity index is 2.20. The van der Waals surface area contributed by atoms with Crippen LogP contribution in [0.15, 0.2) is 18.3 Å². The lowest BCUT2D eigenvalue weighted by Crippen LogP contribution is -2.03. The molecule has 0 spiro atoms. The van der Waals surface area contributed by atoms with Gasteiger partial charge in [0.15, 0.2) is 0 Å². The molecule has 0 radical (unpaired) electrons. The van der Waals surface area contributed by atoms with Gasteiger partial charge in [0.1, 0.15) is 11.4 Å². The van der Waals surface area contributed by atoms with E-state index in [4.69, 9.17) is 0 Å². The summed E-state index contributed by atoms with van der Waals surface area (Å²) < 4.78 is 12.8. The molecule has 0 unspecified atom stereocenters. The molecule has 4 heteroatoms. The Bertz CT molecular complexity index is 502. The van der Waals surface area contributed by atoms with Gasteiger partial charge in [-0.1, -0.05) is 0 Å². The van der Waals surface area contributed by atoms with Crippen molar-refractivity contribution in [3.8, 4) is 0 Å². The van der Waals surface area contributed by atoms with Crippen molar-refractivity contribution in [3.05, 3.63) is 29.8 Å². The second kappa shape index (κ2) is 2.33. The van der Waals surface area contributed by atoms with Gasteiger partial charge in [0.2, 0.25) is 0 Å². The maximum absolute atomic E-state index is 12.8. The third-order valence-corrected chi connectivity index (χ3v) is 2.66. The standard InChI is InChI=1S/C10H9FN2O/c11-6-3-8-7(12-5-6)4-9(13-8)10(14)1-2-10/h3-5,13-14H,1-2H2. The quantitative estimate of drug-likeness (QED) is 0.722. The van der Waals surface area contributed by atoms with Gasteiger partial charge in [-0.15, -0.1) is 0 Å². The molecule has 2 N–H and O–H groups in total. The number of pyridine rings is 1. The third kappa shape index (κ3) is 1.04. The Morgan fingerprint density at radius 1 is 1.43 bits per heavy atom. The van der Waals surface area contributed by atoms with Crippen LogP contribution in [-0.2, 0) is 5.60 Å². The highest BCUT2D eigenvalue weighted by Crippen LogP contribution is 2.45. The van der Waals surface area contributed by atoms with Crippen molar-refractivity contribution in [2.75, 3.05) is 0 Å². The van der Waals surface area contributed by atoms with Crippen LogP contribution in [0.5, 0.6) is 0 Å². The fourth-order valence-corrected chi connectivity index (χ4v) is 1.62. The molecule has 0 amide bonds. The van der Waals surface area contributed by atoms with Crippen LogP contribution in [0.25, 0.3) is 11.0 Å². The molecular weight excluding hydrogens is 183 g/mol. The van der Waals surface area contributed by atoms with Gasteiger partial charge < -0.3 is 10.1 Å². The predicted octanol–water partition coefficient (Wildman–Crippen LogP) is 1.68. The van der Waals surface area contributed by atoms with Gasteiger partial charge in [-0.05, 0) is 18.9 Å². The van der Waals surface area contributed by atoms with E-state index in [0.717, 1.165) is 18.5 Å². The zero-order chi connectivity index (χ0) is 9.76. The molecule has 1 aliphatic carbocycles. The minimum atomic E-state index is -0.711. The van der Waals surface area contributed by atoms with Crippen molar-refractivity contribution < 1.29 is 9.50 Å². The van der Waals surface area contributed by atoms with Gasteiger partial charge in [-0.3, -0.25) is 4.98 Å². The molecule has 1 saturated carbocycles. The first-order valence-corrected chi connectivity index (χ1v) is 4.54. The Labute approximate surface area is 79.6 Å². The minimum absolute atomic E-state index is 0.367. The molecule has 72 valence electrons. The number of aliphatic hydroxyl groups is 1. The Hall–Kier alpha value is -1.42. The van der Waals surface area contributed by atoms with Crippen LogP contribution in [-0.4, -0.2) is 15.1 Å². The second-order valence-electron chi connectivity index (χ2n) is 3.80. The molecule has 2 heterocycles. The van der Waals surface area contributed by atoms with Gasteiger partial charge in [0.05, 0.1) is 17.2 Å². The monoisotopic (exact) mass is 192 g/mol. The highest BCUT2D eigenvalue weighted by molar-refractivity contribution is 5.76. The molecule has 0 bridgehead atoms. The van der Waals surface area contributed by atoms with Crippen LogP contribution in [0.1, 0.15) is 18.5 Å². The number of halogens is 1. The number of hydrogen-bond acceptors (Lipinski definition) is 2. The van der Waals surface area contributed by atoms with Gasteiger partial charge in [-0.2, -0.15) is 0 Å². The maximum Gasteiger partial charge on any atom is 0.143 e. The number of aromatic nitrogens is 2. The summed E-state index contributed by atoms with van der Waals surface area (Å²) in [6, 6.07) is 3.17. The van der Waals surface area contributed by atoms with Crippen molar-refractivity contribution in [2.45, 2.75) is 18.4 Å². The average Bonchev–Trinajstić information content (AvgIpc) is 2.77. The largest absolute Gasteiger partial charge is 0.384 e. The Morgan fingerprint density at radius 2 is 2.21 bits per heavy atom. The molecular formula is C10H9FN2O. The first-order chi connectivity index (χ1) is 6.67. The summed E-state index contributed by atoms with van der Waals surface area (Å²) in [6.07, 6.45) is 2.71. The summed E-state index contributed by atoms with van der Waals surface area (Å²) in [5, 5.41) is 9.82. The van der Waals surface area contributed by atoms with E-state index < -0.39 is 5.60 Å². The van der Waals surface area contributed by atoms with Gasteiger partial charge in [0.25, 0.3) is 0 Å². The van der Waals surface area contributed by atoms with E-state index in [2.05, 4.69) is 9.97 Å². The fourth-order valence-electron chi connectivity index (χ4n) is 1.62. The van der Waals surface area contributed by atoms with E-state index in [1.54, 1.807) is 6.07 Å². The molecule has 1 aliphatic rings. The number of nitrogens with zero attached hydrogens (tertiary/aromatic N) is 1. The summed E-state index contributed by atoms with van der Waals surface area (Å²) in [5.41, 5.74) is 1.37. The van der Waals surface area contributed by atoms with Crippen LogP contribution in [0, 0.1) is 5.82 Å². The van der Waals surface area contributed by atoms with Gasteiger partial charge >= 0.3 is 0 Å². The fraction of sp³-hybridized carbons (Fsp3) is 0.300. The molecule has 2 aromatic heterocycles. The summed E-state index contributed by atoms with van der Waals surface area (Å²) >= 11 is 0. The first-order valence-electron chi connectivity index (χ1n) is 4.54. The molecule has 0 saturated heterocycles. The smallest absolute Gasteiger partial charge is 0.143 e. The van der Waals surface area contributed by atoms with Crippen molar-refractivity contribution in [1.82, 2.24) is 9.97 Å². The maximum atomic E-state index is 12.8. The Kier molecular flexibility index (Phi) is 1.32. The van der Waals surface area contributed by atoms with Gasteiger partial charge in [-0.25, -0.2) is 4.39 Å². The minimum Gasteiger partial charge on any atom is -0.384 e. The van der Waals surface area contributed by atoms with E-state index in [1.165, 1.54) is 12.3 Å². The van der Waals surface area contributed by atoms with E-state index >= 15 is 0 Å². The average molecular weight is 192 g/mol. The van der Waals surface area contributed by atoms with E-state index in [9.17, 15) is 9.50 Å². The lowest BCUT2D eigenvalue weighted by Gasteiger charge is -2.01. The zero-order valence-corrected chi connectivity index (χ0v) is 7.42. The summed E-state index contributed by atoms with van der Waals surface area (Å²) in [6.45, 7) is 0. The number of H-pyrrole nitrogens is 1. The third-order valence-electron chi connectivity index (χ3n) is 2.66. The van der Waals surface area contributed by atoms with Gasteiger partial charge in [0, 0.05) is 11.8 Å². The van der Waals surface area contributed by atoms with E-state index in [0.29, 0.717) is 11.0 Å². The number of rotatable bonds is 1. The molecule has 14 heavy (non-hydrogen) atoms. The highest BCUT2D eigenvalue weighted by atomic mass is 19.1. The SMILES string of the molecule is OC1(c2cc3ncc(F)cc3[nH]2)CC1. The van der Waals surface area contributed by atoms with Crippen molar-refractivity contribution in [1.29, 1.82) is 0 Å². The normalized spacial score (nSPS) is 18.7. The highest BCUT2D eigenvalue weighted by Gasteiger charge is 2.43. The number of fused-ring (bicyclic) bond motifs is 1. The summed E-state index contributed by atoms with van der Waals surface area (Å²) in [4.78, 5) is 6.91. The zero-order valence-electron chi connectivity index (χ0n) is 7.42. The molecule has 3 rings (SSSR count). The number of nitrogens with one attached hydrogen (secondary N) is 1. The van der Waals surface area contributed by atoms with E-state index in [1.807, 2.05) is 0 Å². The first kappa shape index (κ1) is 7.94. The van der Waals surface area contributed by atoms with Crippen LogP contribution in [0.4, 0.5) is 4.39 Å². The lowest BCUT2D eigenvalue weighted by molar-refractivity contribution is 0.147. The van der Waals surface area contributed by atoms with Crippen molar-refractivity contribution >= 4 is 11.0 Å². The molecule has 0 aromatic carbocycles.